The molecule has 14 heteroatoms. The summed E-state index contributed by atoms with van der Waals surface area (Å²) in [6.07, 6.45) is -4.91. The molecule has 4 N–H and O–H groups in total. The van der Waals surface area contributed by atoms with Crippen LogP contribution in [0.4, 0.5) is 28.0 Å². The van der Waals surface area contributed by atoms with Crippen molar-refractivity contribution in [3.05, 3.63) is 46.0 Å². The Kier molecular flexibility index (Phi) is 5.06. The molecule has 1 atom stereocenters. The molecule has 166 valence electrons. The fraction of sp³-hybridized carbons (Fsp3) is 0.353. The van der Waals surface area contributed by atoms with Gasteiger partial charge in [-0.2, -0.15) is 23.7 Å². The van der Waals surface area contributed by atoms with Crippen LogP contribution >= 0.6 is 11.6 Å². The number of aliphatic hydroxyl groups is 1. The summed E-state index contributed by atoms with van der Waals surface area (Å²) in [5, 5.41) is 16.4. The molecule has 1 unspecified atom stereocenters. The summed E-state index contributed by atoms with van der Waals surface area (Å²) in [5.74, 6) is -1.58. The maximum atomic E-state index is 13.3. The summed E-state index contributed by atoms with van der Waals surface area (Å²) in [5.41, 5.74) is 0.697. The van der Waals surface area contributed by atoms with Crippen LogP contribution in [0.3, 0.4) is 0 Å². The molecule has 0 saturated carbocycles. The maximum absolute atomic E-state index is 13.3. The summed E-state index contributed by atoms with van der Waals surface area (Å²) in [7, 11) is 0. The summed E-state index contributed by atoms with van der Waals surface area (Å²) >= 11 is 5.70. The summed E-state index contributed by atoms with van der Waals surface area (Å²) < 4.78 is 53.8. The van der Waals surface area contributed by atoms with Gasteiger partial charge >= 0.3 is 12.2 Å². The van der Waals surface area contributed by atoms with Crippen LogP contribution < -0.4 is 16.2 Å². The van der Waals surface area contributed by atoms with E-state index in [1.807, 2.05) is 5.43 Å². The van der Waals surface area contributed by atoms with E-state index in [9.17, 15) is 32.3 Å². The second-order valence-corrected chi connectivity index (χ2v) is 7.51. The Morgan fingerprint density at radius 3 is 2.77 bits per heavy atom. The quantitative estimate of drug-likeness (QED) is 0.483. The predicted octanol–water partition coefficient (Wildman–Crippen LogP) is 1.76. The molecule has 0 fully saturated rings. The number of nitrogens with zero attached hydrogens (tertiary/aromatic N) is 3. The number of halogens is 5. The van der Waals surface area contributed by atoms with E-state index in [0.717, 1.165) is 10.7 Å². The van der Waals surface area contributed by atoms with Crippen LogP contribution in [0.2, 0.25) is 5.02 Å². The molecule has 2 aliphatic rings. The van der Waals surface area contributed by atoms with Crippen LogP contribution in [-0.4, -0.2) is 50.2 Å². The van der Waals surface area contributed by atoms with E-state index < -0.39 is 36.2 Å². The summed E-state index contributed by atoms with van der Waals surface area (Å²) in [6, 6.07) is 3.06. The highest BCUT2D eigenvalue weighted by molar-refractivity contribution is 6.31. The number of fused-ring (bicyclic) bond motifs is 3. The minimum atomic E-state index is -5.09. The molecule has 0 saturated heterocycles. The first kappa shape index (κ1) is 21.3. The first-order chi connectivity index (χ1) is 14.5. The second kappa shape index (κ2) is 7.35. The third-order valence-electron chi connectivity index (χ3n) is 5.00. The van der Waals surface area contributed by atoms with Gasteiger partial charge in [-0.25, -0.2) is 9.18 Å². The third-order valence-corrected chi connectivity index (χ3v) is 5.29. The molecular formula is C17H15ClF4N6O3. The van der Waals surface area contributed by atoms with Gasteiger partial charge in [0.25, 0.3) is 5.91 Å². The molecule has 2 aromatic rings. The summed E-state index contributed by atoms with van der Waals surface area (Å²) in [6.45, 7) is -0.991. The van der Waals surface area contributed by atoms with Gasteiger partial charge in [-0.3, -0.25) is 14.9 Å². The monoisotopic (exact) mass is 462 g/mol. The average molecular weight is 463 g/mol. The average Bonchev–Trinajstić information content (AvgIpc) is 2.98. The lowest BCUT2D eigenvalue weighted by atomic mass is 10.1. The number of hydrogen-bond donors (Lipinski definition) is 4. The van der Waals surface area contributed by atoms with Gasteiger partial charge in [-0.05, 0) is 18.2 Å². The van der Waals surface area contributed by atoms with Crippen molar-refractivity contribution in [3.63, 3.8) is 0 Å². The van der Waals surface area contributed by atoms with E-state index in [-0.39, 0.29) is 41.5 Å². The van der Waals surface area contributed by atoms with Gasteiger partial charge in [-0.1, -0.05) is 11.6 Å². The Morgan fingerprint density at radius 1 is 1.35 bits per heavy atom. The number of aromatic nitrogens is 2. The Hall–Kier alpha value is -2.90. The van der Waals surface area contributed by atoms with Crippen molar-refractivity contribution >= 4 is 29.2 Å². The molecule has 1 aromatic carbocycles. The van der Waals surface area contributed by atoms with Gasteiger partial charge < -0.3 is 15.3 Å². The fourth-order valence-electron chi connectivity index (χ4n) is 3.38. The zero-order valence-corrected chi connectivity index (χ0v) is 16.3. The number of carbonyl (C=O) groups excluding carboxylic acids is 2. The molecule has 0 aliphatic carbocycles. The van der Waals surface area contributed by atoms with E-state index in [1.54, 1.807) is 5.43 Å². The number of hydrazine groups is 1. The van der Waals surface area contributed by atoms with E-state index in [4.69, 9.17) is 11.6 Å². The lowest BCUT2D eigenvalue weighted by Crippen LogP contribution is -2.63. The standard InChI is InChI=1S/C17H15ClF4N6O3/c18-10-5-8(1-2-11(10)19)23-15(30)27-4-3-12-9(6-27)13-14(29)24-26-16(31,17(20,21)22)7-28(13)25-12/h1-2,5,26,31H,3-4,6-7H2,(H,23,30)(H,24,29). The first-order valence-electron chi connectivity index (χ1n) is 8.94. The Balaban J connectivity index is 1.58. The number of rotatable bonds is 1. The molecule has 0 bridgehead atoms. The van der Waals surface area contributed by atoms with Crippen LogP contribution in [-0.2, 0) is 19.5 Å². The highest BCUT2D eigenvalue weighted by Gasteiger charge is 2.56. The van der Waals surface area contributed by atoms with Gasteiger partial charge in [0.1, 0.15) is 11.5 Å². The molecule has 3 heterocycles. The fourth-order valence-corrected chi connectivity index (χ4v) is 3.56. The van der Waals surface area contributed by atoms with Crippen LogP contribution in [0.5, 0.6) is 0 Å². The van der Waals surface area contributed by atoms with Gasteiger partial charge in [0.15, 0.2) is 0 Å². The van der Waals surface area contributed by atoms with Crippen molar-refractivity contribution in [2.75, 3.05) is 11.9 Å². The number of amides is 3. The number of hydrogen-bond acceptors (Lipinski definition) is 5. The van der Waals surface area contributed by atoms with Crippen LogP contribution in [0.25, 0.3) is 0 Å². The number of benzene rings is 1. The Morgan fingerprint density at radius 2 is 2.10 bits per heavy atom. The summed E-state index contributed by atoms with van der Waals surface area (Å²) in [4.78, 5) is 26.3. The highest BCUT2D eigenvalue weighted by Crippen LogP contribution is 2.32. The molecule has 9 nitrogen and oxygen atoms in total. The molecule has 1 aromatic heterocycles. The Bertz CT molecular complexity index is 1070. The van der Waals surface area contributed by atoms with Crippen molar-refractivity contribution in [1.82, 2.24) is 25.5 Å². The number of alkyl halides is 3. The molecule has 3 amide bonds. The SMILES string of the molecule is O=C1NNC(O)(C(F)(F)F)Cn2nc3c(c21)CN(C(=O)Nc1ccc(F)c(Cl)c1)CC3. The first-order valence-corrected chi connectivity index (χ1v) is 9.32. The van der Waals surface area contributed by atoms with Crippen LogP contribution in [0.1, 0.15) is 21.7 Å². The number of carbonyl (C=O) groups is 2. The van der Waals surface area contributed by atoms with E-state index >= 15 is 0 Å². The van der Waals surface area contributed by atoms with Gasteiger partial charge in [0, 0.05) is 24.2 Å². The van der Waals surface area contributed by atoms with E-state index in [0.29, 0.717) is 5.69 Å². The molecule has 0 radical (unpaired) electrons. The number of nitrogens with one attached hydrogen (secondary N) is 3. The smallest absolute Gasteiger partial charge is 0.365 e. The molecule has 31 heavy (non-hydrogen) atoms. The number of urea groups is 1. The van der Waals surface area contributed by atoms with Crippen LogP contribution in [0.15, 0.2) is 18.2 Å². The molecule has 0 spiro atoms. The van der Waals surface area contributed by atoms with Crippen molar-refractivity contribution in [1.29, 1.82) is 0 Å². The van der Waals surface area contributed by atoms with Gasteiger partial charge in [0.05, 0.1) is 23.8 Å². The van der Waals surface area contributed by atoms with Gasteiger partial charge in [0.2, 0.25) is 5.72 Å². The van der Waals surface area contributed by atoms with Crippen molar-refractivity contribution < 1.29 is 32.3 Å². The van der Waals surface area contributed by atoms with Crippen molar-refractivity contribution in [2.24, 2.45) is 0 Å². The van der Waals surface area contributed by atoms with Crippen molar-refractivity contribution in [2.45, 2.75) is 31.4 Å². The topological polar surface area (TPSA) is 112 Å². The zero-order valence-electron chi connectivity index (χ0n) is 15.6. The van der Waals surface area contributed by atoms with E-state index in [2.05, 4.69) is 10.4 Å². The van der Waals surface area contributed by atoms with Crippen LogP contribution in [0, 0.1) is 5.82 Å². The molecule has 2 aliphatic heterocycles. The minimum absolute atomic E-state index is 0.108. The lowest BCUT2D eigenvalue weighted by molar-refractivity contribution is -0.280. The highest BCUT2D eigenvalue weighted by atomic mass is 35.5. The second-order valence-electron chi connectivity index (χ2n) is 7.10. The third kappa shape index (κ3) is 3.79. The molecule has 4 rings (SSSR count). The predicted molar refractivity (Wildman–Crippen MR) is 98.4 cm³/mol. The van der Waals surface area contributed by atoms with Crippen molar-refractivity contribution in [3.8, 4) is 0 Å². The Labute approximate surface area is 176 Å². The maximum Gasteiger partial charge on any atom is 0.434 e. The largest absolute Gasteiger partial charge is 0.434 e. The zero-order chi connectivity index (χ0) is 22.6. The lowest BCUT2D eigenvalue weighted by Gasteiger charge is -2.29. The minimum Gasteiger partial charge on any atom is -0.365 e. The number of anilines is 1. The molecular weight excluding hydrogens is 448 g/mol. The van der Waals surface area contributed by atoms with Gasteiger partial charge in [-0.15, -0.1) is 0 Å². The van der Waals surface area contributed by atoms with E-state index in [1.165, 1.54) is 17.0 Å². The normalized spacial score (nSPS) is 21.1.